The summed E-state index contributed by atoms with van der Waals surface area (Å²) in [7, 11) is -4.77. The molecule has 14 heteroatoms. The normalized spacial score (nSPS) is 15.8. The summed E-state index contributed by atoms with van der Waals surface area (Å²) >= 11 is 0. The zero-order valence-corrected chi connectivity index (χ0v) is 34.3. The van der Waals surface area contributed by atoms with E-state index in [4.69, 9.17) is 24.8 Å². The first-order valence-corrected chi connectivity index (χ1v) is 21.3. The van der Waals surface area contributed by atoms with E-state index in [-0.39, 0.29) is 12.8 Å². The molecule has 0 aliphatic carbocycles. The van der Waals surface area contributed by atoms with Crippen LogP contribution >= 0.6 is 7.82 Å². The Morgan fingerprint density at radius 3 is 2.00 bits per heavy atom. The standard InChI is InChI=1S/C42H68NO12P/c1-3-5-7-8-9-10-11-12-16-19-25-32-41(47)55-38(34-53-56(50,51)54-35-39(43)42(48)49)33-52-40(46)31-26-20-24-30-37(45)29-23-18-15-13-14-17-22-28-36(44)27-21-6-4-2/h6,8-9,14-15,17-18,21-24,28-30,36-39,44-45H,3-5,7,10-13,16,19-20,25-27,31-35,43H2,1-2H3,(H,48,49)(H,50,51)/b9-8-,17-14-,18-15-,21-6-,28-22+,29-23+,30-24-/t36-,37-,38-,39+/m1/s1. The van der Waals surface area contributed by atoms with Gasteiger partial charge in [-0.25, -0.2) is 4.57 Å². The number of nitrogens with two attached hydrogens (primary N) is 1. The maximum Gasteiger partial charge on any atom is 0.472 e. The molecule has 0 aromatic carbocycles. The first-order chi connectivity index (χ1) is 26.9. The third-order valence-electron chi connectivity index (χ3n) is 7.80. The Kier molecular flexibility index (Phi) is 33.8. The van der Waals surface area contributed by atoms with Crippen molar-refractivity contribution in [1.82, 2.24) is 0 Å². The molecule has 0 aromatic heterocycles. The van der Waals surface area contributed by atoms with Crippen molar-refractivity contribution < 1.29 is 57.7 Å². The summed E-state index contributed by atoms with van der Waals surface area (Å²) in [6.45, 7) is 2.33. The van der Waals surface area contributed by atoms with E-state index in [2.05, 4.69) is 23.6 Å². The minimum absolute atomic E-state index is 0.0291. The van der Waals surface area contributed by atoms with Gasteiger partial charge in [-0.2, -0.15) is 0 Å². The van der Waals surface area contributed by atoms with E-state index in [1.165, 1.54) is 12.8 Å². The van der Waals surface area contributed by atoms with Gasteiger partial charge in [-0.05, 0) is 57.8 Å². The van der Waals surface area contributed by atoms with Gasteiger partial charge in [0.05, 0.1) is 25.4 Å². The third kappa shape index (κ3) is 35.0. The number of aliphatic carboxylic acids is 1. The average molecular weight is 810 g/mol. The van der Waals surface area contributed by atoms with Crippen LogP contribution in [0.2, 0.25) is 0 Å². The van der Waals surface area contributed by atoms with E-state index in [9.17, 15) is 34.1 Å². The second-order valence-corrected chi connectivity index (χ2v) is 14.5. The van der Waals surface area contributed by atoms with Gasteiger partial charge in [-0.1, -0.05) is 131 Å². The van der Waals surface area contributed by atoms with Gasteiger partial charge >= 0.3 is 25.7 Å². The summed E-state index contributed by atoms with van der Waals surface area (Å²) in [6, 6.07) is -1.56. The molecule has 0 bridgehead atoms. The molecular weight excluding hydrogens is 741 g/mol. The van der Waals surface area contributed by atoms with Crippen LogP contribution < -0.4 is 5.73 Å². The predicted octanol–water partition coefficient (Wildman–Crippen LogP) is 7.88. The van der Waals surface area contributed by atoms with E-state index in [0.717, 1.165) is 44.9 Å². The Balaban J connectivity index is 4.67. The number of hydrogen-bond acceptors (Lipinski definition) is 11. The van der Waals surface area contributed by atoms with Crippen molar-refractivity contribution in [1.29, 1.82) is 0 Å². The number of allylic oxidation sites excluding steroid dienone is 10. The van der Waals surface area contributed by atoms with Crippen LogP contribution in [-0.4, -0.2) is 82.3 Å². The number of ether oxygens (including phenoxy) is 2. The highest BCUT2D eigenvalue weighted by molar-refractivity contribution is 7.47. The molecule has 0 fully saturated rings. The first kappa shape index (κ1) is 52.6. The third-order valence-corrected chi connectivity index (χ3v) is 8.75. The van der Waals surface area contributed by atoms with Gasteiger partial charge < -0.3 is 35.4 Å². The fraction of sp³-hybridized carbons (Fsp3) is 0.595. The fourth-order valence-corrected chi connectivity index (χ4v) is 5.39. The molecule has 0 heterocycles. The molecule has 318 valence electrons. The van der Waals surface area contributed by atoms with E-state index >= 15 is 0 Å². The Morgan fingerprint density at radius 2 is 1.30 bits per heavy atom. The Labute approximate surface area is 334 Å². The average Bonchev–Trinajstić information content (AvgIpc) is 3.16. The predicted molar refractivity (Wildman–Crippen MR) is 219 cm³/mol. The Morgan fingerprint density at radius 1 is 0.679 bits per heavy atom. The van der Waals surface area contributed by atoms with Crippen LogP contribution in [0.1, 0.15) is 117 Å². The second-order valence-electron chi connectivity index (χ2n) is 13.1. The van der Waals surface area contributed by atoms with Crippen molar-refractivity contribution in [2.45, 2.75) is 141 Å². The minimum atomic E-state index is -4.77. The number of phosphoric acid groups is 1. The van der Waals surface area contributed by atoms with Crippen molar-refractivity contribution in [2.75, 3.05) is 19.8 Å². The number of aliphatic hydroxyl groups excluding tert-OH is 2. The molecule has 0 aliphatic heterocycles. The molecule has 0 aliphatic rings. The lowest BCUT2D eigenvalue weighted by molar-refractivity contribution is -0.161. The van der Waals surface area contributed by atoms with E-state index < -0.39 is 69.9 Å². The van der Waals surface area contributed by atoms with E-state index in [0.29, 0.717) is 32.1 Å². The molecule has 1 unspecified atom stereocenters. The number of aliphatic hydroxyl groups is 2. The van der Waals surface area contributed by atoms with Crippen LogP contribution in [0, 0.1) is 0 Å². The summed E-state index contributed by atoms with van der Waals surface area (Å²) < 4.78 is 32.4. The quantitative estimate of drug-likeness (QED) is 0.0136. The van der Waals surface area contributed by atoms with Gasteiger partial charge in [0.1, 0.15) is 12.6 Å². The summed E-state index contributed by atoms with van der Waals surface area (Å²) in [6.07, 6.45) is 36.0. The summed E-state index contributed by atoms with van der Waals surface area (Å²) in [4.78, 5) is 45.8. The lowest BCUT2D eigenvalue weighted by atomic mass is 10.1. The van der Waals surface area contributed by atoms with Gasteiger partial charge in [0, 0.05) is 12.8 Å². The number of phosphoric ester groups is 1. The zero-order chi connectivity index (χ0) is 41.7. The smallest absolute Gasteiger partial charge is 0.472 e. The maximum absolute atomic E-state index is 12.5. The molecule has 0 aromatic rings. The molecule has 56 heavy (non-hydrogen) atoms. The number of carboxylic acids is 1. The summed E-state index contributed by atoms with van der Waals surface area (Å²) in [5, 5.41) is 28.8. The van der Waals surface area contributed by atoms with Crippen LogP contribution in [0.4, 0.5) is 0 Å². The van der Waals surface area contributed by atoms with Crippen LogP contribution in [0.5, 0.6) is 0 Å². The van der Waals surface area contributed by atoms with Gasteiger partial charge in [0.2, 0.25) is 0 Å². The molecule has 0 spiro atoms. The number of esters is 2. The lowest BCUT2D eigenvalue weighted by Crippen LogP contribution is -2.34. The van der Waals surface area contributed by atoms with Crippen LogP contribution in [0.25, 0.3) is 0 Å². The highest BCUT2D eigenvalue weighted by Gasteiger charge is 2.28. The molecule has 6 N–H and O–H groups in total. The number of unbranched alkanes of at least 4 members (excludes halogenated alkanes) is 8. The number of carbonyl (C=O) groups excluding carboxylic acids is 2. The van der Waals surface area contributed by atoms with Crippen LogP contribution in [-0.2, 0) is 37.5 Å². The Hall–Kier alpha value is -3.42. The molecule has 0 amide bonds. The van der Waals surface area contributed by atoms with Gasteiger partial charge in [-0.3, -0.25) is 23.4 Å². The molecule has 0 radical (unpaired) electrons. The lowest BCUT2D eigenvalue weighted by Gasteiger charge is -2.20. The van der Waals surface area contributed by atoms with Crippen LogP contribution in [0.15, 0.2) is 85.1 Å². The molecule has 0 saturated heterocycles. The zero-order valence-electron chi connectivity index (χ0n) is 33.4. The highest BCUT2D eigenvalue weighted by atomic mass is 31.2. The number of carboxylic acid groups (broad SMARTS) is 1. The van der Waals surface area contributed by atoms with Crippen molar-refractivity contribution in [3.63, 3.8) is 0 Å². The van der Waals surface area contributed by atoms with Gasteiger partial charge in [0.15, 0.2) is 6.10 Å². The molecule has 0 rings (SSSR count). The highest BCUT2D eigenvalue weighted by Crippen LogP contribution is 2.43. The Bertz CT molecular complexity index is 1310. The largest absolute Gasteiger partial charge is 0.480 e. The van der Waals surface area contributed by atoms with Gasteiger partial charge in [0.25, 0.3) is 0 Å². The summed E-state index contributed by atoms with van der Waals surface area (Å²) in [5.74, 6) is -2.62. The van der Waals surface area contributed by atoms with E-state index in [1.54, 1.807) is 30.4 Å². The van der Waals surface area contributed by atoms with Crippen molar-refractivity contribution >= 4 is 25.7 Å². The number of rotatable bonds is 35. The van der Waals surface area contributed by atoms with Gasteiger partial charge in [-0.15, -0.1) is 0 Å². The summed E-state index contributed by atoms with van der Waals surface area (Å²) in [5.41, 5.74) is 5.30. The maximum atomic E-state index is 12.5. The van der Waals surface area contributed by atoms with Crippen LogP contribution in [0.3, 0.4) is 0 Å². The number of carbonyl (C=O) groups is 3. The second kappa shape index (κ2) is 36.0. The topological polar surface area (TPSA) is 212 Å². The number of hydrogen-bond donors (Lipinski definition) is 5. The molecule has 0 saturated carbocycles. The minimum Gasteiger partial charge on any atom is -0.480 e. The molecule has 5 atom stereocenters. The van der Waals surface area contributed by atoms with Crippen molar-refractivity contribution in [3.8, 4) is 0 Å². The van der Waals surface area contributed by atoms with Crippen molar-refractivity contribution in [3.05, 3.63) is 85.1 Å². The molecular formula is C42H68NO12P. The monoisotopic (exact) mass is 809 g/mol. The van der Waals surface area contributed by atoms with E-state index in [1.807, 2.05) is 49.5 Å². The molecule has 13 nitrogen and oxygen atoms in total. The fourth-order valence-electron chi connectivity index (χ4n) is 4.61. The first-order valence-electron chi connectivity index (χ1n) is 19.8. The van der Waals surface area contributed by atoms with Crippen molar-refractivity contribution in [2.24, 2.45) is 5.73 Å². The SMILES string of the molecule is CC/C=C\C[C@@H](O)/C=C/C=C\C/C=C\C=C\[C@@H](O)/C=C\CCCC(=O)OC[C@H](COP(=O)(O)OC[C@H](N)C(=O)O)OC(=O)CCCCCCC/C=C\CCCC.